The Kier molecular flexibility index (Phi) is 8.29. The van der Waals surface area contributed by atoms with Gasteiger partial charge in [0.05, 0.1) is 12.7 Å². The van der Waals surface area contributed by atoms with Crippen LogP contribution in [0.3, 0.4) is 0 Å². The zero-order valence-corrected chi connectivity index (χ0v) is 20.0. The summed E-state index contributed by atoms with van der Waals surface area (Å²) in [6, 6.07) is 0. The number of halogens is 1. The molecular weight excluding hydrogens is 485 g/mol. The average Bonchev–Trinajstić information content (AvgIpc) is 3.27. The van der Waals surface area contributed by atoms with E-state index in [9.17, 15) is 4.79 Å². The molecule has 0 saturated carbocycles. The van der Waals surface area contributed by atoms with Crippen molar-refractivity contribution in [3.8, 4) is 0 Å². The summed E-state index contributed by atoms with van der Waals surface area (Å²) < 4.78 is 9.16. The molecule has 0 aliphatic carbocycles. The van der Waals surface area contributed by atoms with Gasteiger partial charge in [0.25, 0.3) is 0 Å². The third kappa shape index (κ3) is 6.06. The standard InChI is InChI=1S/C19H31N7O2.HI/c1-19(2,3)14-12-22-16(28-14)13-23-17(20-4)21-9-7-11-26-18(27)25-10-6-5-8-15(25)24-26;/h12H,5-11,13H2,1-4H3,(H2,20,21,23);1H. The minimum atomic E-state index is -0.0599. The number of aliphatic imine (C=N–C) groups is 1. The Morgan fingerprint density at radius 1 is 1.31 bits per heavy atom. The van der Waals surface area contributed by atoms with Gasteiger partial charge in [-0.1, -0.05) is 20.8 Å². The van der Waals surface area contributed by atoms with Crippen LogP contribution >= 0.6 is 24.0 Å². The van der Waals surface area contributed by atoms with Crippen molar-refractivity contribution in [1.29, 1.82) is 0 Å². The first-order valence-electron chi connectivity index (χ1n) is 9.94. The molecule has 0 unspecified atom stereocenters. The van der Waals surface area contributed by atoms with E-state index in [2.05, 4.69) is 46.5 Å². The average molecular weight is 517 g/mol. The van der Waals surface area contributed by atoms with Crippen LogP contribution in [0.1, 0.15) is 57.5 Å². The maximum atomic E-state index is 12.3. The monoisotopic (exact) mass is 517 g/mol. The van der Waals surface area contributed by atoms with Gasteiger partial charge in [-0.3, -0.25) is 9.56 Å². The van der Waals surface area contributed by atoms with Gasteiger partial charge < -0.3 is 15.1 Å². The molecule has 1 aliphatic rings. The van der Waals surface area contributed by atoms with Crippen LogP contribution in [0.5, 0.6) is 0 Å². The predicted octanol–water partition coefficient (Wildman–Crippen LogP) is 2.04. The summed E-state index contributed by atoms with van der Waals surface area (Å²) in [5, 5.41) is 10.9. The zero-order chi connectivity index (χ0) is 20.1. The van der Waals surface area contributed by atoms with Gasteiger partial charge in [0.2, 0.25) is 5.89 Å². The van der Waals surface area contributed by atoms with Gasteiger partial charge in [0.1, 0.15) is 11.6 Å². The Morgan fingerprint density at radius 3 is 2.76 bits per heavy atom. The Labute approximate surface area is 188 Å². The molecule has 0 atom stereocenters. The van der Waals surface area contributed by atoms with E-state index < -0.39 is 0 Å². The van der Waals surface area contributed by atoms with Crippen molar-refractivity contribution >= 4 is 29.9 Å². The van der Waals surface area contributed by atoms with Crippen LogP contribution in [0.2, 0.25) is 0 Å². The number of hydrogen-bond donors (Lipinski definition) is 2. The van der Waals surface area contributed by atoms with E-state index >= 15 is 0 Å². The van der Waals surface area contributed by atoms with Crippen LogP contribution in [-0.4, -0.2) is 38.9 Å². The van der Waals surface area contributed by atoms with E-state index in [0.29, 0.717) is 31.5 Å². The van der Waals surface area contributed by atoms with Gasteiger partial charge in [-0.2, -0.15) is 5.10 Å². The molecule has 2 N–H and O–H groups in total. The summed E-state index contributed by atoms with van der Waals surface area (Å²) in [5.41, 5.74) is -0.0500. The fourth-order valence-electron chi connectivity index (χ4n) is 3.15. The number of aryl methyl sites for hydroxylation is 2. The number of rotatable bonds is 6. The van der Waals surface area contributed by atoms with E-state index in [4.69, 9.17) is 4.42 Å². The van der Waals surface area contributed by atoms with Crippen molar-refractivity contribution in [3.63, 3.8) is 0 Å². The largest absolute Gasteiger partial charge is 0.443 e. The van der Waals surface area contributed by atoms with E-state index in [1.807, 2.05) is 0 Å². The molecular formula is C19H32IN7O2. The maximum absolute atomic E-state index is 12.3. The highest BCUT2D eigenvalue weighted by molar-refractivity contribution is 14.0. The van der Waals surface area contributed by atoms with E-state index in [1.165, 1.54) is 0 Å². The number of aromatic nitrogens is 4. The van der Waals surface area contributed by atoms with Gasteiger partial charge >= 0.3 is 5.69 Å². The molecule has 2 aromatic rings. The molecule has 1 aliphatic heterocycles. The lowest BCUT2D eigenvalue weighted by Gasteiger charge is -2.13. The van der Waals surface area contributed by atoms with Crippen LogP contribution in [0, 0.1) is 0 Å². The Hall–Kier alpha value is -1.85. The lowest BCUT2D eigenvalue weighted by atomic mass is 9.94. The van der Waals surface area contributed by atoms with E-state index in [-0.39, 0.29) is 35.1 Å². The van der Waals surface area contributed by atoms with Gasteiger partial charge in [0, 0.05) is 38.5 Å². The number of nitrogens with zero attached hydrogens (tertiary/aromatic N) is 5. The smallest absolute Gasteiger partial charge is 0.345 e. The molecule has 2 aromatic heterocycles. The predicted molar refractivity (Wildman–Crippen MR) is 123 cm³/mol. The second-order valence-corrected chi connectivity index (χ2v) is 8.11. The van der Waals surface area contributed by atoms with Gasteiger partial charge in [-0.05, 0) is 19.3 Å². The fourth-order valence-corrected chi connectivity index (χ4v) is 3.15. The molecule has 10 heteroatoms. The van der Waals surface area contributed by atoms with Crippen molar-refractivity contribution in [2.45, 2.75) is 71.5 Å². The number of oxazole rings is 1. The number of fused-ring (bicyclic) bond motifs is 1. The lowest BCUT2D eigenvalue weighted by Crippen LogP contribution is -2.38. The van der Waals surface area contributed by atoms with Crippen LogP contribution in [0.15, 0.2) is 20.4 Å². The highest BCUT2D eigenvalue weighted by atomic mass is 127. The van der Waals surface area contributed by atoms with Crippen LogP contribution in [0.25, 0.3) is 0 Å². The number of guanidine groups is 1. The fraction of sp³-hybridized carbons (Fsp3) is 0.684. The first kappa shape index (κ1) is 23.4. The summed E-state index contributed by atoms with van der Waals surface area (Å²) in [6.45, 7) is 8.81. The van der Waals surface area contributed by atoms with Crippen LogP contribution in [-0.2, 0) is 31.5 Å². The summed E-state index contributed by atoms with van der Waals surface area (Å²) >= 11 is 0. The summed E-state index contributed by atoms with van der Waals surface area (Å²) in [7, 11) is 1.72. The zero-order valence-electron chi connectivity index (χ0n) is 17.7. The molecule has 0 spiro atoms. The lowest BCUT2D eigenvalue weighted by molar-refractivity contribution is 0.379. The normalized spacial score (nSPS) is 14.3. The highest BCUT2D eigenvalue weighted by Crippen LogP contribution is 2.22. The van der Waals surface area contributed by atoms with Crippen molar-refractivity contribution in [3.05, 3.63) is 34.2 Å². The number of nitrogens with one attached hydrogen (secondary N) is 2. The minimum absolute atomic E-state index is 0. The highest BCUT2D eigenvalue weighted by Gasteiger charge is 2.19. The minimum Gasteiger partial charge on any atom is -0.443 e. The SMILES string of the molecule is CN=C(NCCCn1nc2n(c1=O)CCCC2)NCc1ncc(C(C)(C)C)o1.I. The number of hydrogen-bond acceptors (Lipinski definition) is 5. The van der Waals surface area contributed by atoms with Crippen molar-refractivity contribution in [2.24, 2.45) is 4.99 Å². The molecule has 0 saturated heterocycles. The maximum Gasteiger partial charge on any atom is 0.345 e. The molecule has 0 amide bonds. The van der Waals surface area contributed by atoms with E-state index in [0.717, 1.165) is 43.8 Å². The van der Waals surface area contributed by atoms with Gasteiger partial charge in [0.15, 0.2) is 5.96 Å². The molecule has 3 rings (SSSR count). The Balaban J connectivity index is 0.00000300. The first-order valence-corrected chi connectivity index (χ1v) is 9.94. The van der Waals surface area contributed by atoms with Crippen LogP contribution < -0.4 is 16.3 Å². The summed E-state index contributed by atoms with van der Waals surface area (Å²) in [4.78, 5) is 20.8. The second kappa shape index (κ2) is 10.3. The van der Waals surface area contributed by atoms with Crippen molar-refractivity contribution in [2.75, 3.05) is 13.6 Å². The van der Waals surface area contributed by atoms with E-state index in [1.54, 1.807) is 22.5 Å². The van der Waals surface area contributed by atoms with Crippen molar-refractivity contribution < 1.29 is 4.42 Å². The topological polar surface area (TPSA) is 102 Å². The molecule has 0 aromatic carbocycles. The molecule has 0 bridgehead atoms. The molecule has 0 radical (unpaired) electrons. The molecule has 162 valence electrons. The Morgan fingerprint density at radius 2 is 2.10 bits per heavy atom. The Bertz CT molecular complexity index is 876. The van der Waals surface area contributed by atoms with Crippen LogP contribution in [0.4, 0.5) is 0 Å². The van der Waals surface area contributed by atoms with Gasteiger partial charge in [-0.15, -0.1) is 24.0 Å². The second-order valence-electron chi connectivity index (χ2n) is 8.11. The van der Waals surface area contributed by atoms with Crippen molar-refractivity contribution in [1.82, 2.24) is 30.0 Å². The third-order valence-electron chi connectivity index (χ3n) is 4.79. The molecule has 3 heterocycles. The summed E-state index contributed by atoms with van der Waals surface area (Å²) in [5.74, 6) is 3.08. The molecule has 0 fully saturated rings. The molecule has 29 heavy (non-hydrogen) atoms. The first-order chi connectivity index (χ1) is 13.4. The summed E-state index contributed by atoms with van der Waals surface area (Å²) in [6.07, 6.45) is 5.63. The van der Waals surface area contributed by atoms with Gasteiger partial charge in [-0.25, -0.2) is 14.5 Å². The third-order valence-corrected chi connectivity index (χ3v) is 4.79. The quantitative estimate of drug-likeness (QED) is 0.263. The molecule has 9 nitrogen and oxygen atoms in total.